The van der Waals surface area contributed by atoms with Gasteiger partial charge in [-0.15, -0.1) is 0 Å². The van der Waals surface area contributed by atoms with Gasteiger partial charge in [-0.25, -0.2) is 9.97 Å². The summed E-state index contributed by atoms with van der Waals surface area (Å²) in [6, 6.07) is 7.76. The molecule has 1 aromatic carbocycles. The van der Waals surface area contributed by atoms with Crippen LogP contribution in [0.3, 0.4) is 0 Å². The van der Waals surface area contributed by atoms with E-state index in [1.54, 1.807) is 0 Å². The summed E-state index contributed by atoms with van der Waals surface area (Å²) >= 11 is 0. The number of para-hydroxylation sites is 1. The summed E-state index contributed by atoms with van der Waals surface area (Å²) < 4.78 is 1.35. The van der Waals surface area contributed by atoms with Crippen LogP contribution in [0.4, 0.5) is 5.69 Å². The van der Waals surface area contributed by atoms with Gasteiger partial charge < -0.3 is 5.32 Å². The minimum Gasteiger partial charge on any atom is -0.324 e. The molecule has 0 radical (unpaired) electrons. The van der Waals surface area contributed by atoms with Crippen molar-refractivity contribution in [2.75, 3.05) is 5.32 Å². The number of pyridine rings is 1. The number of anilines is 1. The molecule has 0 fully saturated rings. The molecule has 0 saturated carbocycles. The topological polar surface area (TPSA) is 76.9 Å². The second-order valence-electron chi connectivity index (χ2n) is 7.81. The van der Waals surface area contributed by atoms with Crippen LogP contribution in [-0.4, -0.2) is 20.4 Å². The largest absolute Gasteiger partial charge is 0.324 e. The number of rotatable bonds is 3. The van der Waals surface area contributed by atoms with E-state index in [2.05, 4.69) is 22.2 Å². The van der Waals surface area contributed by atoms with E-state index in [9.17, 15) is 9.59 Å². The van der Waals surface area contributed by atoms with E-state index in [-0.39, 0.29) is 18.0 Å². The number of hydrogen-bond acceptors (Lipinski definition) is 4. The molecule has 1 amide bonds. The lowest BCUT2D eigenvalue weighted by Crippen LogP contribution is -2.29. The van der Waals surface area contributed by atoms with E-state index in [0.29, 0.717) is 17.0 Å². The zero-order valence-corrected chi connectivity index (χ0v) is 16.5. The molecule has 2 heterocycles. The fourth-order valence-corrected chi connectivity index (χ4v) is 3.88. The van der Waals surface area contributed by atoms with Gasteiger partial charge in [0.2, 0.25) is 5.91 Å². The van der Waals surface area contributed by atoms with Crippen LogP contribution in [0, 0.1) is 19.8 Å². The number of aryl methyl sites for hydroxylation is 3. The maximum Gasteiger partial charge on any atom is 0.263 e. The van der Waals surface area contributed by atoms with Crippen LogP contribution in [0.1, 0.15) is 35.7 Å². The minimum absolute atomic E-state index is 0.0803. The molecule has 3 aromatic rings. The predicted octanol–water partition coefficient (Wildman–Crippen LogP) is 3.17. The van der Waals surface area contributed by atoms with Gasteiger partial charge in [0.25, 0.3) is 5.56 Å². The molecule has 1 aliphatic rings. The first kappa shape index (κ1) is 18.3. The number of nitrogens with one attached hydrogen (secondary N) is 1. The highest BCUT2D eigenvalue weighted by molar-refractivity contribution is 5.92. The van der Waals surface area contributed by atoms with Gasteiger partial charge in [0.1, 0.15) is 12.9 Å². The standard InChI is InChI=1S/C22H24N4O2/c1-13-7-8-18-16(9-13)10-17-21(24-18)23-12-26(22(17)28)11-19(27)25-20-14(2)5-4-6-15(20)3/h4-6,10,12-13H,7-9,11H2,1-3H3,(H,25,27). The van der Waals surface area contributed by atoms with Crippen molar-refractivity contribution < 1.29 is 4.79 Å². The summed E-state index contributed by atoms with van der Waals surface area (Å²) in [6.07, 6.45) is 4.38. The van der Waals surface area contributed by atoms with E-state index in [1.165, 1.54) is 10.9 Å². The van der Waals surface area contributed by atoms with Gasteiger partial charge in [0.15, 0.2) is 5.65 Å². The van der Waals surface area contributed by atoms with Gasteiger partial charge in [-0.2, -0.15) is 0 Å². The lowest BCUT2D eigenvalue weighted by molar-refractivity contribution is -0.116. The molecule has 0 bridgehead atoms. The summed E-state index contributed by atoms with van der Waals surface area (Å²) in [4.78, 5) is 34.4. The van der Waals surface area contributed by atoms with E-state index >= 15 is 0 Å². The van der Waals surface area contributed by atoms with Gasteiger partial charge in [0.05, 0.1) is 5.39 Å². The summed E-state index contributed by atoms with van der Waals surface area (Å²) in [6.45, 7) is 6.03. The minimum atomic E-state index is -0.250. The molecule has 2 aromatic heterocycles. The van der Waals surface area contributed by atoms with E-state index in [1.807, 2.05) is 38.1 Å². The van der Waals surface area contributed by atoms with Crippen molar-refractivity contribution in [2.24, 2.45) is 5.92 Å². The Labute approximate surface area is 163 Å². The SMILES string of the molecule is Cc1cccc(C)c1NC(=O)Cn1cnc2nc3c(cc2c1=O)CC(C)CC3. The van der Waals surface area contributed by atoms with E-state index in [0.717, 1.165) is 47.3 Å². The molecule has 144 valence electrons. The van der Waals surface area contributed by atoms with Gasteiger partial charge >= 0.3 is 0 Å². The Balaban J connectivity index is 1.63. The van der Waals surface area contributed by atoms with Crippen LogP contribution in [0.2, 0.25) is 0 Å². The number of hydrogen-bond donors (Lipinski definition) is 1. The molecule has 1 unspecified atom stereocenters. The molecule has 28 heavy (non-hydrogen) atoms. The molecule has 1 aliphatic carbocycles. The number of aromatic nitrogens is 3. The summed E-state index contributed by atoms with van der Waals surface area (Å²) in [5, 5.41) is 3.40. The van der Waals surface area contributed by atoms with Crippen LogP contribution in [0.5, 0.6) is 0 Å². The second-order valence-corrected chi connectivity index (χ2v) is 7.81. The number of carbonyl (C=O) groups excluding carboxylic acids is 1. The molecule has 1 atom stereocenters. The highest BCUT2D eigenvalue weighted by Gasteiger charge is 2.19. The Morgan fingerprint density at radius 1 is 1.29 bits per heavy atom. The zero-order valence-electron chi connectivity index (χ0n) is 16.5. The van der Waals surface area contributed by atoms with Crippen molar-refractivity contribution in [3.63, 3.8) is 0 Å². The van der Waals surface area contributed by atoms with Crippen LogP contribution in [0.25, 0.3) is 11.0 Å². The molecule has 0 aliphatic heterocycles. The Hall–Kier alpha value is -3.02. The quantitative estimate of drug-likeness (QED) is 0.762. The highest BCUT2D eigenvalue weighted by Crippen LogP contribution is 2.25. The Morgan fingerprint density at radius 3 is 2.79 bits per heavy atom. The fraction of sp³-hybridized carbons (Fsp3) is 0.364. The molecular weight excluding hydrogens is 352 g/mol. The third kappa shape index (κ3) is 3.42. The second kappa shape index (κ2) is 7.19. The van der Waals surface area contributed by atoms with Crippen molar-refractivity contribution in [1.82, 2.24) is 14.5 Å². The van der Waals surface area contributed by atoms with Crippen LogP contribution < -0.4 is 10.9 Å². The van der Waals surface area contributed by atoms with Gasteiger partial charge in [0, 0.05) is 11.4 Å². The Kier molecular flexibility index (Phi) is 4.71. The third-order valence-corrected chi connectivity index (χ3v) is 5.48. The van der Waals surface area contributed by atoms with E-state index in [4.69, 9.17) is 0 Å². The number of amides is 1. The first-order valence-corrected chi connectivity index (χ1v) is 9.66. The summed E-state index contributed by atoms with van der Waals surface area (Å²) in [5.41, 5.74) is 5.18. The number of carbonyl (C=O) groups is 1. The van der Waals surface area contributed by atoms with E-state index < -0.39 is 0 Å². The van der Waals surface area contributed by atoms with Gasteiger partial charge in [-0.1, -0.05) is 25.1 Å². The van der Waals surface area contributed by atoms with Crippen molar-refractivity contribution in [3.8, 4) is 0 Å². The molecule has 4 rings (SSSR count). The van der Waals surface area contributed by atoms with Crippen LogP contribution in [-0.2, 0) is 24.2 Å². The molecule has 0 saturated heterocycles. The zero-order chi connectivity index (χ0) is 19.8. The molecular formula is C22H24N4O2. The number of fused-ring (bicyclic) bond motifs is 2. The van der Waals surface area contributed by atoms with Crippen LogP contribution in [0.15, 0.2) is 35.4 Å². The lowest BCUT2D eigenvalue weighted by Gasteiger charge is -2.20. The molecule has 6 nitrogen and oxygen atoms in total. The monoisotopic (exact) mass is 376 g/mol. The average Bonchev–Trinajstić information content (AvgIpc) is 2.66. The first-order chi connectivity index (χ1) is 13.4. The number of nitrogens with zero attached hydrogens (tertiary/aromatic N) is 3. The Morgan fingerprint density at radius 2 is 2.04 bits per heavy atom. The van der Waals surface area contributed by atoms with Crippen molar-refractivity contribution in [1.29, 1.82) is 0 Å². The third-order valence-electron chi connectivity index (χ3n) is 5.48. The Bertz CT molecular complexity index is 1110. The lowest BCUT2D eigenvalue weighted by atomic mass is 9.87. The fourth-order valence-electron chi connectivity index (χ4n) is 3.88. The molecule has 0 spiro atoms. The highest BCUT2D eigenvalue weighted by atomic mass is 16.2. The predicted molar refractivity (Wildman–Crippen MR) is 110 cm³/mol. The molecule has 1 N–H and O–H groups in total. The summed E-state index contributed by atoms with van der Waals surface area (Å²) in [5.74, 6) is 0.342. The van der Waals surface area contributed by atoms with Crippen molar-refractivity contribution >= 4 is 22.6 Å². The first-order valence-electron chi connectivity index (χ1n) is 9.66. The van der Waals surface area contributed by atoms with Crippen LogP contribution >= 0.6 is 0 Å². The van der Waals surface area contributed by atoms with Crippen molar-refractivity contribution in [2.45, 2.75) is 46.6 Å². The molecule has 6 heteroatoms. The smallest absolute Gasteiger partial charge is 0.263 e. The maximum absolute atomic E-state index is 12.9. The summed E-state index contributed by atoms with van der Waals surface area (Å²) in [7, 11) is 0. The number of benzene rings is 1. The average molecular weight is 376 g/mol. The maximum atomic E-state index is 12.9. The van der Waals surface area contributed by atoms with Crippen molar-refractivity contribution in [3.05, 3.63) is 63.3 Å². The van der Waals surface area contributed by atoms with Gasteiger partial charge in [-0.05, 0) is 61.8 Å². The van der Waals surface area contributed by atoms with Gasteiger partial charge in [-0.3, -0.25) is 14.2 Å². The normalized spacial score (nSPS) is 16.0.